The number of hydrogen-bond donors (Lipinski definition) is 2. The lowest BCUT2D eigenvalue weighted by Crippen LogP contribution is -2.57. The maximum atomic E-state index is 12.3. The van der Waals surface area contributed by atoms with Crippen LogP contribution in [0, 0.1) is 11.8 Å². The van der Waals surface area contributed by atoms with E-state index >= 15 is 0 Å². The molecule has 5 heteroatoms. The van der Waals surface area contributed by atoms with Gasteiger partial charge in [-0.3, -0.25) is 0 Å². The number of hydrogen-bond acceptors (Lipinski definition) is 2. The summed E-state index contributed by atoms with van der Waals surface area (Å²) in [5.41, 5.74) is -1.17. The van der Waals surface area contributed by atoms with Gasteiger partial charge in [-0.1, -0.05) is 6.42 Å². The second kappa shape index (κ2) is 5.02. The quantitative estimate of drug-likeness (QED) is 0.820. The lowest BCUT2D eigenvalue weighted by atomic mass is 9.95. The highest BCUT2D eigenvalue weighted by Gasteiger charge is 2.42. The van der Waals surface area contributed by atoms with Gasteiger partial charge in [-0.05, 0) is 51.9 Å². The molecule has 0 aliphatic heterocycles. The number of nitrogens with zero attached hydrogens (tertiary/aromatic N) is 1. The molecule has 3 unspecified atom stereocenters. The molecule has 2 fully saturated rings. The SMILES string of the molecule is CCN(C(=O)NC1CC2CCC1C2)C(C)(C)C(=O)O. The molecule has 2 bridgehead atoms. The lowest BCUT2D eigenvalue weighted by Gasteiger charge is -2.36. The van der Waals surface area contributed by atoms with Gasteiger partial charge in [0.05, 0.1) is 0 Å². The van der Waals surface area contributed by atoms with E-state index in [2.05, 4.69) is 5.32 Å². The van der Waals surface area contributed by atoms with Crippen LogP contribution in [0.5, 0.6) is 0 Å². The van der Waals surface area contributed by atoms with Crippen LogP contribution in [0.15, 0.2) is 0 Å². The third-order valence-corrected chi connectivity index (χ3v) is 4.81. The van der Waals surface area contributed by atoms with Gasteiger partial charge in [-0.25, -0.2) is 9.59 Å². The Morgan fingerprint density at radius 1 is 1.32 bits per heavy atom. The van der Waals surface area contributed by atoms with E-state index in [1.807, 2.05) is 6.92 Å². The van der Waals surface area contributed by atoms with Gasteiger partial charge in [-0.2, -0.15) is 0 Å². The normalized spacial score (nSPS) is 29.3. The summed E-state index contributed by atoms with van der Waals surface area (Å²) in [6, 6.07) is -0.00246. The average molecular weight is 268 g/mol. The number of amides is 2. The fraction of sp³-hybridized carbons (Fsp3) is 0.857. The number of nitrogens with one attached hydrogen (secondary N) is 1. The highest BCUT2D eigenvalue weighted by atomic mass is 16.4. The molecule has 2 amide bonds. The number of urea groups is 1. The average Bonchev–Trinajstić information content (AvgIpc) is 2.91. The minimum Gasteiger partial charge on any atom is -0.480 e. The highest BCUT2D eigenvalue weighted by molar-refractivity contribution is 5.85. The molecular formula is C14H24N2O3. The van der Waals surface area contributed by atoms with Crippen LogP contribution in [0.2, 0.25) is 0 Å². The second-order valence-corrected chi connectivity index (χ2v) is 6.34. The number of likely N-dealkylation sites (N-methyl/N-ethyl adjacent to an activating group) is 1. The summed E-state index contributed by atoms with van der Waals surface area (Å²) in [6.45, 7) is 5.34. The van der Waals surface area contributed by atoms with Crippen LogP contribution in [0.1, 0.15) is 46.5 Å². The molecule has 0 saturated heterocycles. The van der Waals surface area contributed by atoms with Crippen LogP contribution in [0.25, 0.3) is 0 Å². The lowest BCUT2D eigenvalue weighted by molar-refractivity contribution is -0.147. The van der Waals surface area contributed by atoms with E-state index in [0.29, 0.717) is 12.5 Å². The van der Waals surface area contributed by atoms with Gasteiger partial charge in [0.25, 0.3) is 0 Å². The molecule has 2 rings (SSSR count). The first-order chi connectivity index (χ1) is 8.86. The standard InChI is InChI=1S/C14H24N2O3/c1-4-16(14(2,3)12(17)18)13(19)15-11-8-9-5-6-10(11)7-9/h9-11H,4-8H2,1-3H3,(H,15,19)(H,17,18). The van der Waals surface area contributed by atoms with Crippen molar-refractivity contribution in [2.24, 2.45) is 11.8 Å². The van der Waals surface area contributed by atoms with Crippen LogP contribution in [-0.4, -0.2) is 40.1 Å². The molecule has 2 aliphatic rings. The van der Waals surface area contributed by atoms with Crippen molar-refractivity contribution in [1.29, 1.82) is 0 Å². The van der Waals surface area contributed by atoms with Gasteiger partial charge < -0.3 is 15.3 Å². The van der Waals surface area contributed by atoms with Crippen LogP contribution in [0.4, 0.5) is 4.79 Å². The smallest absolute Gasteiger partial charge is 0.329 e. The van der Waals surface area contributed by atoms with E-state index in [9.17, 15) is 14.7 Å². The van der Waals surface area contributed by atoms with Crippen LogP contribution in [0.3, 0.4) is 0 Å². The van der Waals surface area contributed by atoms with Crippen molar-refractivity contribution in [3.63, 3.8) is 0 Å². The molecule has 19 heavy (non-hydrogen) atoms. The van der Waals surface area contributed by atoms with Gasteiger partial charge in [0, 0.05) is 12.6 Å². The number of aliphatic carboxylic acids is 1. The van der Waals surface area contributed by atoms with Crippen LogP contribution in [-0.2, 0) is 4.79 Å². The number of carbonyl (C=O) groups excluding carboxylic acids is 1. The Bertz CT molecular complexity index is 381. The van der Waals surface area contributed by atoms with Crippen LogP contribution >= 0.6 is 0 Å². The largest absolute Gasteiger partial charge is 0.480 e. The fourth-order valence-corrected chi connectivity index (χ4v) is 3.57. The number of rotatable bonds is 4. The molecule has 0 aromatic carbocycles. The van der Waals surface area contributed by atoms with Gasteiger partial charge in [0.2, 0.25) is 0 Å². The summed E-state index contributed by atoms with van der Waals surface area (Å²) in [6.07, 6.45) is 4.76. The van der Waals surface area contributed by atoms with Gasteiger partial charge in [0.1, 0.15) is 5.54 Å². The van der Waals surface area contributed by atoms with E-state index in [4.69, 9.17) is 0 Å². The Kier molecular flexibility index (Phi) is 3.74. The molecule has 3 atom stereocenters. The zero-order valence-electron chi connectivity index (χ0n) is 12.0. The molecule has 0 radical (unpaired) electrons. The maximum absolute atomic E-state index is 12.3. The summed E-state index contributed by atoms with van der Waals surface area (Å²) >= 11 is 0. The number of carboxylic acids is 1. The fourth-order valence-electron chi connectivity index (χ4n) is 3.57. The van der Waals surface area contributed by atoms with Crippen molar-refractivity contribution in [2.75, 3.05) is 6.54 Å². The van der Waals surface area contributed by atoms with Crippen molar-refractivity contribution in [1.82, 2.24) is 10.2 Å². The molecule has 0 spiro atoms. The zero-order valence-corrected chi connectivity index (χ0v) is 12.0. The highest BCUT2D eigenvalue weighted by Crippen LogP contribution is 2.44. The predicted molar refractivity (Wildman–Crippen MR) is 71.9 cm³/mol. The number of fused-ring (bicyclic) bond motifs is 2. The molecule has 0 aromatic heterocycles. The van der Waals surface area contributed by atoms with E-state index < -0.39 is 11.5 Å². The molecule has 2 saturated carbocycles. The topological polar surface area (TPSA) is 69.6 Å². The Morgan fingerprint density at radius 2 is 2.00 bits per heavy atom. The summed E-state index contributed by atoms with van der Waals surface area (Å²) in [4.78, 5) is 25.0. The Labute approximate surface area is 114 Å². The van der Waals surface area contributed by atoms with Gasteiger partial charge >= 0.3 is 12.0 Å². The van der Waals surface area contributed by atoms with Crippen molar-refractivity contribution in [3.05, 3.63) is 0 Å². The summed E-state index contributed by atoms with van der Waals surface area (Å²) < 4.78 is 0. The van der Waals surface area contributed by atoms with Gasteiger partial charge in [0.15, 0.2) is 0 Å². The first-order valence-electron chi connectivity index (χ1n) is 7.17. The zero-order chi connectivity index (χ0) is 14.2. The molecule has 2 aliphatic carbocycles. The van der Waals surface area contributed by atoms with Crippen molar-refractivity contribution >= 4 is 12.0 Å². The molecule has 108 valence electrons. The first kappa shape index (κ1) is 14.2. The monoisotopic (exact) mass is 268 g/mol. The maximum Gasteiger partial charge on any atom is 0.329 e. The number of carbonyl (C=O) groups is 2. The molecular weight excluding hydrogens is 244 g/mol. The third-order valence-electron chi connectivity index (χ3n) is 4.81. The third kappa shape index (κ3) is 2.55. The molecule has 0 heterocycles. The summed E-state index contributed by atoms with van der Waals surface area (Å²) in [5, 5.41) is 12.3. The van der Waals surface area contributed by atoms with E-state index in [0.717, 1.165) is 12.3 Å². The first-order valence-corrected chi connectivity index (χ1v) is 7.17. The summed E-state index contributed by atoms with van der Waals surface area (Å²) in [7, 11) is 0. The van der Waals surface area contributed by atoms with Crippen molar-refractivity contribution < 1.29 is 14.7 Å². The molecule has 0 aromatic rings. The minimum absolute atomic E-state index is 0.241. The van der Waals surface area contributed by atoms with Crippen LogP contribution < -0.4 is 5.32 Å². The van der Waals surface area contributed by atoms with E-state index in [1.165, 1.54) is 24.2 Å². The Morgan fingerprint density at radius 3 is 2.42 bits per heavy atom. The van der Waals surface area contributed by atoms with Gasteiger partial charge in [-0.15, -0.1) is 0 Å². The molecule has 2 N–H and O–H groups in total. The Balaban J connectivity index is 2.00. The van der Waals surface area contributed by atoms with E-state index in [-0.39, 0.29) is 12.1 Å². The number of carboxylic acid groups (broad SMARTS) is 1. The predicted octanol–water partition coefficient (Wildman–Crippen LogP) is 2.07. The van der Waals surface area contributed by atoms with Crippen molar-refractivity contribution in [2.45, 2.75) is 58.0 Å². The van der Waals surface area contributed by atoms with Crippen molar-refractivity contribution in [3.8, 4) is 0 Å². The minimum atomic E-state index is -1.17. The van der Waals surface area contributed by atoms with E-state index in [1.54, 1.807) is 13.8 Å². The molecule has 5 nitrogen and oxygen atoms in total. The second-order valence-electron chi connectivity index (χ2n) is 6.34. The summed E-state index contributed by atoms with van der Waals surface area (Å²) in [5.74, 6) is 0.385. The Hall–Kier alpha value is -1.26.